The lowest BCUT2D eigenvalue weighted by molar-refractivity contribution is -0.113. The van der Waals surface area contributed by atoms with Gasteiger partial charge in [0.1, 0.15) is 10.9 Å². The summed E-state index contributed by atoms with van der Waals surface area (Å²) in [6.07, 6.45) is 0. The zero-order valence-corrected chi connectivity index (χ0v) is 10.6. The van der Waals surface area contributed by atoms with Gasteiger partial charge in [-0.15, -0.1) is 21.8 Å². The molecule has 0 saturated heterocycles. The van der Waals surface area contributed by atoms with Gasteiger partial charge in [0.2, 0.25) is 11.0 Å². The Kier molecular flexibility index (Phi) is 3.87. The minimum Gasteiger partial charge on any atom is -0.299 e. The van der Waals surface area contributed by atoms with Crippen LogP contribution in [-0.2, 0) is 4.79 Å². The molecule has 1 amide bonds. The van der Waals surface area contributed by atoms with Crippen molar-refractivity contribution >= 4 is 34.0 Å². The third-order valence-corrected chi connectivity index (χ3v) is 3.18. The van der Waals surface area contributed by atoms with Gasteiger partial charge in [0, 0.05) is 5.56 Å². The Labute approximate surface area is 112 Å². The van der Waals surface area contributed by atoms with Crippen molar-refractivity contribution in [1.29, 1.82) is 5.26 Å². The molecule has 0 bridgehead atoms. The van der Waals surface area contributed by atoms with Crippen LogP contribution in [0.1, 0.15) is 5.56 Å². The van der Waals surface area contributed by atoms with E-state index >= 15 is 0 Å². The van der Waals surface area contributed by atoms with Crippen LogP contribution in [0.15, 0.2) is 24.3 Å². The summed E-state index contributed by atoms with van der Waals surface area (Å²) in [6.45, 7) is 0. The molecule has 0 aliphatic rings. The summed E-state index contributed by atoms with van der Waals surface area (Å²) in [4.78, 5) is 11.1. The number of nitriles is 1. The van der Waals surface area contributed by atoms with Crippen LogP contribution in [0.4, 0.5) is 5.13 Å². The molecule has 2 rings (SSSR count). The van der Waals surface area contributed by atoms with Gasteiger partial charge < -0.3 is 0 Å². The van der Waals surface area contributed by atoms with Gasteiger partial charge in [-0.2, -0.15) is 5.26 Å². The standard InChI is InChI=1S/C11H7ClN4OS/c12-5-9(17)14-11-16-15-10(18-11)8-3-1-7(6-13)2-4-8/h1-4H,5H2,(H,14,16,17). The lowest BCUT2D eigenvalue weighted by Crippen LogP contribution is -2.12. The molecular formula is C11H7ClN4OS. The van der Waals surface area contributed by atoms with Gasteiger partial charge >= 0.3 is 0 Å². The highest BCUT2D eigenvalue weighted by Crippen LogP contribution is 2.26. The van der Waals surface area contributed by atoms with Gasteiger partial charge in [-0.3, -0.25) is 10.1 Å². The van der Waals surface area contributed by atoms with Crippen molar-refractivity contribution in [3.8, 4) is 16.6 Å². The Bertz CT molecular complexity index is 602. The number of hydrogen-bond acceptors (Lipinski definition) is 5. The fourth-order valence-corrected chi connectivity index (χ4v) is 2.06. The Balaban J connectivity index is 2.18. The van der Waals surface area contributed by atoms with Crippen molar-refractivity contribution in [1.82, 2.24) is 10.2 Å². The maximum atomic E-state index is 11.1. The first-order valence-electron chi connectivity index (χ1n) is 4.93. The topological polar surface area (TPSA) is 78.7 Å². The predicted molar refractivity (Wildman–Crippen MR) is 69.4 cm³/mol. The molecule has 0 fully saturated rings. The molecular weight excluding hydrogens is 272 g/mol. The monoisotopic (exact) mass is 278 g/mol. The van der Waals surface area contributed by atoms with Gasteiger partial charge in [-0.1, -0.05) is 23.5 Å². The first-order chi connectivity index (χ1) is 8.72. The number of rotatable bonds is 3. The molecule has 1 aromatic heterocycles. The molecule has 0 saturated carbocycles. The Morgan fingerprint density at radius 1 is 1.39 bits per heavy atom. The molecule has 2 aromatic rings. The third kappa shape index (κ3) is 2.83. The number of alkyl halides is 1. The Hall–Kier alpha value is -1.97. The predicted octanol–water partition coefficient (Wildman–Crippen LogP) is 2.25. The van der Waals surface area contributed by atoms with E-state index in [-0.39, 0.29) is 11.8 Å². The first-order valence-corrected chi connectivity index (χ1v) is 6.28. The van der Waals surface area contributed by atoms with Crippen LogP contribution >= 0.6 is 22.9 Å². The zero-order valence-electron chi connectivity index (χ0n) is 9.05. The van der Waals surface area contributed by atoms with Crippen molar-refractivity contribution in [2.75, 3.05) is 11.2 Å². The third-order valence-electron chi connectivity index (χ3n) is 2.05. The van der Waals surface area contributed by atoms with E-state index in [4.69, 9.17) is 16.9 Å². The average Bonchev–Trinajstić information content (AvgIpc) is 2.87. The van der Waals surface area contributed by atoms with Crippen LogP contribution in [0.2, 0.25) is 0 Å². The van der Waals surface area contributed by atoms with Crippen LogP contribution in [0.3, 0.4) is 0 Å². The summed E-state index contributed by atoms with van der Waals surface area (Å²) in [5.74, 6) is -0.439. The van der Waals surface area contributed by atoms with Gasteiger partial charge in [-0.25, -0.2) is 0 Å². The second-order valence-corrected chi connectivity index (χ2v) is 4.53. The molecule has 1 heterocycles. The Morgan fingerprint density at radius 2 is 2.11 bits per heavy atom. The number of carbonyl (C=O) groups is 1. The quantitative estimate of drug-likeness (QED) is 0.874. The Morgan fingerprint density at radius 3 is 2.72 bits per heavy atom. The highest BCUT2D eigenvalue weighted by atomic mass is 35.5. The summed E-state index contributed by atoms with van der Waals surface area (Å²) in [5, 5.41) is 20.1. The minimum absolute atomic E-state index is 0.119. The number of benzene rings is 1. The number of hydrogen-bond donors (Lipinski definition) is 1. The molecule has 18 heavy (non-hydrogen) atoms. The molecule has 1 aromatic carbocycles. The van der Waals surface area contributed by atoms with Crippen molar-refractivity contribution in [3.63, 3.8) is 0 Å². The number of nitrogens with zero attached hydrogens (tertiary/aromatic N) is 3. The van der Waals surface area contributed by atoms with E-state index in [0.717, 1.165) is 5.56 Å². The fourth-order valence-electron chi connectivity index (χ4n) is 1.23. The van der Waals surface area contributed by atoms with Crippen molar-refractivity contribution in [2.45, 2.75) is 0 Å². The van der Waals surface area contributed by atoms with Crippen molar-refractivity contribution in [3.05, 3.63) is 29.8 Å². The average molecular weight is 279 g/mol. The van der Waals surface area contributed by atoms with Gasteiger partial charge in [0.25, 0.3) is 0 Å². The summed E-state index contributed by atoms with van der Waals surface area (Å²) in [6, 6.07) is 9.01. The lowest BCUT2D eigenvalue weighted by atomic mass is 10.2. The molecule has 90 valence electrons. The molecule has 0 aliphatic carbocycles. The number of carbonyl (C=O) groups excluding carboxylic acids is 1. The molecule has 0 unspecified atom stereocenters. The highest BCUT2D eigenvalue weighted by molar-refractivity contribution is 7.18. The smallest absolute Gasteiger partial charge is 0.241 e. The van der Waals surface area contributed by atoms with Crippen LogP contribution in [0.25, 0.3) is 10.6 Å². The summed E-state index contributed by atoms with van der Waals surface area (Å²) in [7, 11) is 0. The maximum absolute atomic E-state index is 11.1. The van der Waals surface area contributed by atoms with E-state index in [1.165, 1.54) is 11.3 Å². The molecule has 0 aliphatic heterocycles. The molecule has 0 atom stereocenters. The number of halogens is 1. The van der Waals surface area contributed by atoms with E-state index in [1.54, 1.807) is 24.3 Å². The summed E-state index contributed by atoms with van der Waals surface area (Å²) >= 11 is 6.62. The highest BCUT2D eigenvalue weighted by Gasteiger charge is 2.08. The van der Waals surface area contributed by atoms with E-state index in [1.807, 2.05) is 6.07 Å². The summed E-state index contributed by atoms with van der Waals surface area (Å²) < 4.78 is 0. The number of aromatic nitrogens is 2. The second kappa shape index (κ2) is 5.58. The van der Waals surface area contributed by atoms with Crippen LogP contribution in [0, 0.1) is 11.3 Å². The normalized spacial score (nSPS) is 9.78. The number of amides is 1. The molecule has 0 radical (unpaired) electrons. The van der Waals surface area contributed by atoms with Crippen LogP contribution < -0.4 is 5.32 Å². The maximum Gasteiger partial charge on any atom is 0.241 e. The molecule has 5 nitrogen and oxygen atoms in total. The van der Waals surface area contributed by atoms with E-state index in [0.29, 0.717) is 15.7 Å². The minimum atomic E-state index is -0.320. The van der Waals surface area contributed by atoms with E-state index in [2.05, 4.69) is 15.5 Å². The number of anilines is 1. The van der Waals surface area contributed by atoms with Crippen LogP contribution in [0.5, 0.6) is 0 Å². The largest absolute Gasteiger partial charge is 0.299 e. The number of nitrogens with one attached hydrogen (secondary N) is 1. The van der Waals surface area contributed by atoms with E-state index in [9.17, 15) is 4.79 Å². The second-order valence-electron chi connectivity index (χ2n) is 3.28. The fraction of sp³-hybridized carbons (Fsp3) is 0.0909. The van der Waals surface area contributed by atoms with Crippen molar-refractivity contribution < 1.29 is 4.79 Å². The summed E-state index contributed by atoms with van der Waals surface area (Å²) in [5.41, 5.74) is 1.43. The van der Waals surface area contributed by atoms with Gasteiger partial charge in [-0.05, 0) is 12.1 Å². The van der Waals surface area contributed by atoms with E-state index < -0.39 is 0 Å². The SMILES string of the molecule is N#Cc1ccc(-c2nnc(NC(=O)CCl)s2)cc1. The first kappa shape index (κ1) is 12.5. The zero-order chi connectivity index (χ0) is 13.0. The molecule has 1 N–H and O–H groups in total. The molecule has 0 spiro atoms. The van der Waals surface area contributed by atoms with Crippen molar-refractivity contribution in [2.24, 2.45) is 0 Å². The van der Waals surface area contributed by atoms with Gasteiger partial charge in [0.05, 0.1) is 11.6 Å². The van der Waals surface area contributed by atoms with Gasteiger partial charge in [0.15, 0.2) is 0 Å². The molecule has 7 heteroatoms. The lowest BCUT2D eigenvalue weighted by Gasteiger charge is -1.95. The van der Waals surface area contributed by atoms with Crippen LogP contribution in [-0.4, -0.2) is 22.0 Å².